The van der Waals surface area contributed by atoms with Crippen LogP contribution in [0.3, 0.4) is 0 Å². The molecule has 7 rings (SSSR count). The van der Waals surface area contributed by atoms with Gasteiger partial charge in [0.05, 0.1) is 12.1 Å². The second kappa shape index (κ2) is 19.4. The fourth-order valence-corrected chi connectivity index (χ4v) is 8.63. The number of nitrogens with zero attached hydrogens (tertiary/aromatic N) is 1. The standard InChI is InChI=1S/C55H58N2/c1-5-6-10-22-41(3)54(47-29-15-9-16-30-47)51-34-20-19-33-50(51)49-32-18-17-31-48(49)44-37-35-43(36-38-44)40(2)23-21-24-42(4)55-56-52(45-25-11-7-12-26-45)39-53(57-55)46-27-13-8-14-28-46/h7-9,11-16,19-21,23-38,41,52-54H,4-6,10,17-18,22,39H2,1-3H3,(H,56,57)/b24-21-,40-23+. The lowest BCUT2D eigenvalue weighted by molar-refractivity contribution is 0.448. The molecule has 5 aromatic rings. The normalized spacial score (nSPS) is 18.2. The summed E-state index contributed by atoms with van der Waals surface area (Å²) in [6.45, 7) is 11.4. The maximum absolute atomic E-state index is 5.14. The van der Waals surface area contributed by atoms with E-state index in [-0.39, 0.29) is 12.1 Å². The van der Waals surface area contributed by atoms with E-state index in [9.17, 15) is 0 Å². The summed E-state index contributed by atoms with van der Waals surface area (Å²) in [4.78, 5) is 5.14. The number of allylic oxidation sites excluding steroid dienone is 7. The first kappa shape index (κ1) is 39.5. The molecule has 0 bridgehead atoms. The molecule has 4 atom stereocenters. The lowest BCUT2D eigenvalue weighted by Crippen LogP contribution is -2.34. The van der Waals surface area contributed by atoms with Gasteiger partial charge in [0.1, 0.15) is 5.84 Å². The quantitative estimate of drug-likeness (QED) is 0.0837. The molecule has 2 aliphatic rings. The van der Waals surface area contributed by atoms with Gasteiger partial charge in [0.2, 0.25) is 0 Å². The van der Waals surface area contributed by atoms with Crippen molar-refractivity contribution in [3.8, 4) is 0 Å². The van der Waals surface area contributed by atoms with Crippen LogP contribution >= 0.6 is 0 Å². The van der Waals surface area contributed by atoms with E-state index in [1.54, 1.807) is 0 Å². The second-order valence-corrected chi connectivity index (χ2v) is 15.8. The van der Waals surface area contributed by atoms with Crippen molar-refractivity contribution in [2.75, 3.05) is 0 Å². The molecular weight excluding hydrogens is 689 g/mol. The van der Waals surface area contributed by atoms with Crippen molar-refractivity contribution >= 4 is 22.6 Å². The van der Waals surface area contributed by atoms with Gasteiger partial charge in [0.25, 0.3) is 0 Å². The first-order valence-electron chi connectivity index (χ1n) is 21.1. The topological polar surface area (TPSA) is 24.4 Å². The third-order valence-corrected chi connectivity index (χ3v) is 11.8. The summed E-state index contributed by atoms with van der Waals surface area (Å²) in [5.74, 6) is 1.74. The van der Waals surface area contributed by atoms with Crippen molar-refractivity contribution in [2.24, 2.45) is 10.9 Å². The molecular formula is C55H58N2. The van der Waals surface area contributed by atoms with E-state index in [0.29, 0.717) is 11.8 Å². The van der Waals surface area contributed by atoms with E-state index >= 15 is 0 Å². The van der Waals surface area contributed by atoms with Crippen molar-refractivity contribution in [2.45, 2.75) is 83.7 Å². The minimum atomic E-state index is 0.0705. The van der Waals surface area contributed by atoms with Crippen LogP contribution in [0.4, 0.5) is 0 Å². The third kappa shape index (κ3) is 9.81. The average molecular weight is 747 g/mol. The molecule has 4 unspecified atom stereocenters. The number of benzene rings is 5. The molecule has 0 radical (unpaired) electrons. The lowest BCUT2D eigenvalue weighted by atomic mass is 9.75. The van der Waals surface area contributed by atoms with Crippen LogP contribution in [-0.4, -0.2) is 5.84 Å². The SMILES string of the molecule is C=C(/C=C\C=C(/C)c1ccc(C2=CCCC=C2c2ccccc2C(c2ccccc2)C(C)CCCCC)cc1)C1=NC(c2ccccc2)CC(c2ccccc2)N1. The molecule has 1 aliphatic heterocycles. The van der Waals surface area contributed by atoms with Crippen LogP contribution in [0.25, 0.3) is 16.7 Å². The van der Waals surface area contributed by atoms with Crippen molar-refractivity contribution in [3.05, 3.63) is 221 Å². The molecule has 0 amide bonds. The van der Waals surface area contributed by atoms with Crippen LogP contribution in [0.15, 0.2) is 187 Å². The highest BCUT2D eigenvalue weighted by molar-refractivity contribution is 6.06. The molecule has 1 heterocycles. The molecule has 0 saturated carbocycles. The Morgan fingerprint density at radius 3 is 2.09 bits per heavy atom. The van der Waals surface area contributed by atoms with Gasteiger partial charge in [-0.15, -0.1) is 0 Å². The molecule has 0 aromatic heterocycles. The summed E-state index contributed by atoms with van der Waals surface area (Å²) in [5.41, 5.74) is 14.0. The largest absolute Gasteiger partial charge is 0.363 e. The highest BCUT2D eigenvalue weighted by Crippen LogP contribution is 2.43. The highest BCUT2D eigenvalue weighted by atomic mass is 15.1. The Morgan fingerprint density at radius 1 is 0.754 bits per heavy atom. The van der Waals surface area contributed by atoms with Crippen LogP contribution < -0.4 is 5.32 Å². The minimum absolute atomic E-state index is 0.0705. The van der Waals surface area contributed by atoms with Gasteiger partial charge in [-0.05, 0) is 94.2 Å². The maximum atomic E-state index is 5.14. The summed E-state index contributed by atoms with van der Waals surface area (Å²) in [7, 11) is 0. The van der Waals surface area contributed by atoms with E-state index in [1.165, 1.54) is 81.3 Å². The molecule has 2 heteroatoms. The number of amidine groups is 1. The highest BCUT2D eigenvalue weighted by Gasteiger charge is 2.27. The average Bonchev–Trinajstić information content (AvgIpc) is 3.27. The van der Waals surface area contributed by atoms with Gasteiger partial charge in [0, 0.05) is 11.5 Å². The Bertz CT molecular complexity index is 2240. The molecule has 0 fully saturated rings. The summed E-state index contributed by atoms with van der Waals surface area (Å²) >= 11 is 0. The van der Waals surface area contributed by atoms with Crippen LogP contribution in [0, 0.1) is 5.92 Å². The molecule has 5 aromatic carbocycles. The van der Waals surface area contributed by atoms with Gasteiger partial charge in [-0.2, -0.15) is 0 Å². The van der Waals surface area contributed by atoms with Gasteiger partial charge in [0.15, 0.2) is 0 Å². The number of hydrogen-bond acceptors (Lipinski definition) is 2. The predicted octanol–water partition coefficient (Wildman–Crippen LogP) is 14.7. The van der Waals surface area contributed by atoms with Crippen LogP contribution in [0.2, 0.25) is 0 Å². The maximum Gasteiger partial charge on any atom is 0.128 e. The molecule has 57 heavy (non-hydrogen) atoms. The minimum Gasteiger partial charge on any atom is -0.363 e. The van der Waals surface area contributed by atoms with Gasteiger partial charge in [-0.1, -0.05) is 210 Å². The zero-order chi connectivity index (χ0) is 39.4. The van der Waals surface area contributed by atoms with E-state index < -0.39 is 0 Å². The van der Waals surface area contributed by atoms with Crippen LogP contribution in [-0.2, 0) is 0 Å². The smallest absolute Gasteiger partial charge is 0.128 e. The fourth-order valence-electron chi connectivity index (χ4n) is 8.63. The number of aliphatic imine (C=N–C) groups is 1. The Morgan fingerprint density at radius 2 is 1.39 bits per heavy atom. The first-order chi connectivity index (χ1) is 28.0. The molecule has 0 spiro atoms. The van der Waals surface area contributed by atoms with E-state index in [4.69, 9.17) is 4.99 Å². The zero-order valence-corrected chi connectivity index (χ0v) is 34.1. The molecule has 2 nitrogen and oxygen atoms in total. The fraction of sp³-hybridized carbons (Fsp3) is 0.255. The van der Waals surface area contributed by atoms with E-state index in [1.807, 2.05) is 0 Å². The Kier molecular flexibility index (Phi) is 13.5. The molecule has 1 aliphatic carbocycles. The number of rotatable bonds is 15. The van der Waals surface area contributed by atoms with Crippen molar-refractivity contribution in [1.82, 2.24) is 5.32 Å². The molecule has 288 valence electrons. The molecule has 0 saturated heterocycles. The second-order valence-electron chi connectivity index (χ2n) is 15.8. The zero-order valence-electron chi connectivity index (χ0n) is 34.1. The summed E-state index contributed by atoms with van der Waals surface area (Å²) in [5, 5.41) is 3.69. The third-order valence-electron chi connectivity index (χ3n) is 11.8. The van der Waals surface area contributed by atoms with Crippen molar-refractivity contribution < 1.29 is 0 Å². The molecule has 1 N–H and O–H groups in total. The van der Waals surface area contributed by atoms with Gasteiger partial charge >= 0.3 is 0 Å². The monoisotopic (exact) mass is 746 g/mol. The summed E-state index contributed by atoms with van der Waals surface area (Å²) in [6.07, 6.45) is 19.4. The Labute approximate surface area is 342 Å². The summed E-state index contributed by atoms with van der Waals surface area (Å²) in [6, 6.07) is 51.0. The number of unbranched alkanes of at least 4 members (excludes halogenated alkanes) is 2. The van der Waals surface area contributed by atoms with Gasteiger partial charge < -0.3 is 5.32 Å². The lowest BCUT2D eigenvalue weighted by Gasteiger charge is -2.30. The van der Waals surface area contributed by atoms with Gasteiger partial charge in [-0.3, -0.25) is 4.99 Å². The number of nitrogens with one attached hydrogen (secondary N) is 1. The van der Waals surface area contributed by atoms with Crippen molar-refractivity contribution in [1.29, 1.82) is 0 Å². The van der Waals surface area contributed by atoms with Crippen LogP contribution in [0.1, 0.15) is 123 Å². The van der Waals surface area contributed by atoms with E-state index in [0.717, 1.165) is 30.7 Å². The Hall–Kier alpha value is -5.73. The predicted molar refractivity (Wildman–Crippen MR) is 245 cm³/mol. The van der Waals surface area contributed by atoms with E-state index in [2.05, 4.69) is 203 Å². The Balaban J connectivity index is 1.09. The number of hydrogen-bond donors (Lipinski definition) is 1. The van der Waals surface area contributed by atoms with Crippen LogP contribution in [0.5, 0.6) is 0 Å². The van der Waals surface area contributed by atoms with Gasteiger partial charge in [-0.25, -0.2) is 0 Å². The van der Waals surface area contributed by atoms with Crippen molar-refractivity contribution in [3.63, 3.8) is 0 Å². The first-order valence-corrected chi connectivity index (χ1v) is 21.1. The summed E-state index contributed by atoms with van der Waals surface area (Å²) < 4.78 is 0.